The van der Waals surface area contributed by atoms with Crippen LogP contribution in [0.5, 0.6) is 0 Å². The Kier molecular flexibility index (Phi) is 2.60. The number of benzene rings is 2. The third-order valence-corrected chi connectivity index (χ3v) is 2.43. The van der Waals surface area contributed by atoms with Crippen molar-refractivity contribution in [3.63, 3.8) is 0 Å². The third-order valence-electron chi connectivity index (χ3n) is 2.10. The van der Waals surface area contributed by atoms with Crippen LogP contribution in [0.4, 0.5) is 10.1 Å². The van der Waals surface area contributed by atoms with E-state index in [1.807, 2.05) is 18.2 Å². The SMILES string of the molecule is Nc1cc(F)cc(-c2ccccc2Cl)c1. The number of halogens is 2. The fourth-order valence-electron chi connectivity index (χ4n) is 1.46. The van der Waals surface area contributed by atoms with E-state index in [1.54, 1.807) is 12.1 Å². The van der Waals surface area contributed by atoms with Gasteiger partial charge in [-0.15, -0.1) is 0 Å². The molecule has 0 amide bonds. The van der Waals surface area contributed by atoms with E-state index < -0.39 is 0 Å². The molecular weight excluding hydrogens is 213 g/mol. The van der Waals surface area contributed by atoms with Crippen LogP contribution >= 0.6 is 11.6 Å². The number of rotatable bonds is 1. The Hall–Kier alpha value is -1.54. The minimum Gasteiger partial charge on any atom is -0.399 e. The number of hydrogen-bond donors (Lipinski definition) is 1. The highest BCUT2D eigenvalue weighted by Gasteiger charge is 2.04. The molecule has 0 aliphatic rings. The minimum absolute atomic E-state index is 0.357. The zero-order valence-corrected chi connectivity index (χ0v) is 8.63. The van der Waals surface area contributed by atoms with Gasteiger partial charge in [0.1, 0.15) is 5.82 Å². The quantitative estimate of drug-likeness (QED) is 0.730. The first kappa shape index (κ1) is 9.99. The van der Waals surface area contributed by atoms with Gasteiger partial charge in [-0.25, -0.2) is 4.39 Å². The molecule has 0 unspecified atom stereocenters. The summed E-state index contributed by atoms with van der Waals surface area (Å²) in [6, 6.07) is 11.7. The molecular formula is C12H9ClFN. The van der Waals surface area contributed by atoms with Crippen LogP contribution in [0.1, 0.15) is 0 Å². The second kappa shape index (κ2) is 3.91. The lowest BCUT2D eigenvalue weighted by molar-refractivity contribution is 0.629. The lowest BCUT2D eigenvalue weighted by atomic mass is 10.1. The van der Waals surface area contributed by atoms with Gasteiger partial charge in [-0.05, 0) is 29.8 Å². The van der Waals surface area contributed by atoms with Crippen LogP contribution < -0.4 is 5.73 Å². The highest BCUT2D eigenvalue weighted by atomic mass is 35.5. The molecule has 0 atom stereocenters. The average Bonchev–Trinajstić information content (AvgIpc) is 2.16. The normalized spacial score (nSPS) is 10.3. The Morgan fingerprint density at radius 1 is 1.07 bits per heavy atom. The van der Waals surface area contributed by atoms with E-state index in [0.717, 1.165) is 5.56 Å². The summed E-state index contributed by atoms with van der Waals surface area (Å²) in [5.41, 5.74) is 7.43. The standard InChI is InChI=1S/C12H9ClFN/c13-12-4-2-1-3-11(12)8-5-9(14)7-10(15)6-8/h1-7H,15H2. The third kappa shape index (κ3) is 2.10. The first-order valence-corrected chi connectivity index (χ1v) is 4.85. The van der Waals surface area contributed by atoms with E-state index >= 15 is 0 Å². The van der Waals surface area contributed by atoms with E-state index in [4.69, 9.17) is 17.3 Å². The molecule has 0 saturated carbocycles. The van der Waals surface area contributed by atoms with Crippen LogP contribution in [-0.2, 0) is 0 Å². The van der Waals surface area contributed by atoms with E-state index in [-0.39, 0.29) is 5.82 Å². The first-order valence-electron chi connectivity index (χ1n) is 4.48. The molecule has 0 bridgehead atoms. The fourth-order valence-corrected chi connectivity index (χ4v) is 1.71. The molecule has 0 aromatic heterocycles. The highest BCUT2D eigenvalue weighted by Crippen LogP contribution is 2.29. The van der Waals surface area contributed by atoms with Crippen LogP contribution in [-0.4, -0.2) is 0 Å². The van der Waals surface area contributed by atoms with Crippen molar-refractivity contribution in [2.45, 2.75) is 0 Å². The van der Waals surface area contributed by atoms with Gasteiger partial charge in [0.15, 0.2) is 0 Å². The largest absolute Gasteiger partial charge is 0.399 e. The van der Waals surface area contributed by atoms with Crippen molar-refractivity contribution in [1.29, 1.82) is 0 Å². The maximum absolute atomic E-state index is 13.1. The van der Waals surface area contributed by atoms with Crippen molar-refractivity contribution < 1.29 is 4.39 Å². The van der Waals surface area contributed by atoms with Crippen LogP contribution in [0.15, 0.2) is 42.5 Å². The fraction of sp³-hybridized carbons (Fsp3) is 0. The number of nitrogen functional groups attached to an aromatic ring is 1. The molecule has 0 radical (unpaired) electrons. The Morgan fingerprint density at radius 3 is 2.47 bits per heavy atom. The summed E-state index contributed by atoms with van der Waals surface area (Å²) >= 11 is 6.00. The maximum atomic E-state index is 13.1. The van der Waals surface area contributed by atoms with Gasteiger partial charge in [0, 0.05) is 16.3 Å². The molecule has 0 aliphatic heterocycles. The van der Waals surface area contributed by atoms with Gasteiger partial charge in [0.05, 0.1) is 0 Å². The van der Waals surface area contributed by atoms with Gasteiger partial charge in [0.2, 0.25) is 0 Å². The molecule has 2 N–H and O–H groups in total. The molecule has 15 heavy (non-hydrogen) atoms. The summed E-state index contributed by atoms with van der Waals surface area (Å²) in [7, 11) is 0. The topological polar surface area (TPSA) is 26.0 Å². The molecule has 0 aliphatic carbocycles. The van der Waals surface area contributed by atoms with Gasteiger partial charge in [-0.3, -0.25) is 0 Å². The predicted molar refractivity (Wildman–Crippen MR) is 61.3 cm³/mol. The lowest BCUT2D eigenvalue weighted by Crippen LogP contribution is -1.88. The zero-order valence-electron chi connectivity index (χ0n) is 7.87. The summed E-state index contributed by atoms with van der Waals surface area (Å²) in [6.07, 6.45) is 0. The molecule has 0 spiro atoms. The van der Waals surface area contributed by atoms with Gasteiger partial charge in [0.25, 0.3) is 0 Å². The van der Waals surface area contributed by atoms with Gasteiger partial charge < -0.3 is 5.73 Å². The number of anilines is 1. The van der Waals surface area contributed by atoms with Crippen molar-refractivity contribution in [2.24, 2.45) is 0 Å². The molecule has 2 rings (SSSR count). The molecule has 3 heteroatoms. The average molecular weight is 222 g/mol. The van der Waals surface area contributed by atoms with Crippen LogP contribution in [0, 0.1) is 5.82 Å². The van der Waals surface area contributed by atoms with Crippen LogP contribution in [0.25, 0.3) is 11.1 Å². The van der Waals surface area contributed by atoms with Crippen molar-refractivity contribution in [2.75, 3.05) is 5.73 Å². The van der Waals surface area contributed by atoms with Gasteiger partial charge in [-0.1, -0.05) is 29.8 Å². The molecule has 0 heterocycles. The number of hydrogen-bond acceptors (Lipinski definition) is 1. The summed E-state index contributed by atoms with van der Waals surface area (Å²) < 4.78 is 13.1. The molecule has 1 nitrogen and oxygen atoms in total. The molecule has 2 aromatic carbocycles. The second-order valence-electron chi connectivity index (χ2n) is 3.25. The van der Waals surface area contributed by atoms with E-state index in [1.165, 1.54) is 12.1 Å². The van der Waals surface area contributed by atoms with Crippen molar-refractivity contribution in [3.05, 3.63) is 53.3 Å². The number of nitrogens with two attached hydrogens (primary N) is 1. The summed E-state index contributed by atoms with van der Waals surface area (Å²) in [5, 5.41) is 0.586. The molecule has 76 valence electrons. The molecule has 2 aromatic rings. The predicted octanol–water partition coefficient (Wildman–Crippen LogP) is 3.73. The smallest absolute Gasteiger partial charge is 0.125 e. The highest BCUT2D eigenvalue weighted by molar-refractivity contribution is 6.33. The van der Waals surface area contributed by atoms with Crippen molar-refractivity contribution in [1.82, 2.24) is 0 Å². The monoisotopic (exact) mass is 221 g/mol. The molecule has 0 saturated heterocycles. The summed E-state index contributed by atoms with van der Waals surface area (Å²) in [5.74, 6) is -0.357. The molecule has 0 fully saturated rings. The maximum Gasteiger partial charge on any atom is 0.125 e. The Morgan fingerprint density at radius 2 is 1.80 bits per heavy atom. The van der Waals surface area contributed by atoms with E-state index in [9.17, 15) is 4.39 Å². The second-order valence-corrected chi connectivity index (χ2v) is 3.66. The minimum atomic E-state index is -0.357. The van der Waals surface area contributed by atoms with Crippen LogP contribution in [0.2, 0.25) is 5.02 Å². The first-order chi connectivity index (χ1) is 7.16. The van der Waals surface area contributed by atoms with E-state index in [0.29, 0.717) is 16.3 Å². The van der Waals surface area contributed by atoms with Crippen molar-refractivity contribution in [3.8, 4) is 11.1 Å². The lowest BCUT2D eigenvalue weighted by Gasteiger charge is -2.05. The Bertz CT molecular complexity index is 476. The van der Waals surface area contributed by atoms with E-state index in [2.05, 4.69) is 0 Å². The van der Waals surface area contributed by atoms with Crippen molar-refractivity contribution >= 4 is 17.3 Å². The Labute approximate surface area is 92.3 Å². The van der Waals surface area contributed by atoms with Gasteiger partial charge >= 0.3 is 0 Å². The Balaban J connectivity index is 2.59. The van der Waals surface area contributed by atoms with Crippen LogP contribution in [0.3, 0.4) is 0 Å². The zero-order chi connectivity index (χ0) is 10.8. The van der Waals surface area contributed by atoms with Gasteiger partial charge in [-0.2, -0.15) is 0 Å². The summed E-state index contributed by atoms with van der Waals surface area (Å²) in [6.45, 7) is 0. The summed E-state index contributed by atoms with van der Waals surface area (Å²) in [4.78, 5) is 0.